The minimum Gasteiger partial charge on any atom is -0.393 e. The largest absolute Gasteiger partial charge is 0.393 e. The second-order valence-corrected chi connectivity index (χ2v) is 7.29. The van der Waals surface area contributed by atoms with Gasteiger partial charge in [-0.3, -0.25) is 14.6 Å². The van der Waals surface area contributed by atoms with Crippen LogP contribution in [0.25, 0.3) is 0 Å². The van der Waals surface area contributed by atoms with Crippen LogP contribution in [-0.2, 0) is 22.6 Å². The average molecular weight is 361 g/mol. The third-order valence-corrected chi connectivity index (χ3v) is 5.34. The summed E-state index contributed by atoms with van der Waals surface area (Å²) >= 11 is 0. The molecule has 144 valence electrons. The summed E-state index contributed by atoms with van der Waals surface area (Å²) in [5.74, 6) is -0.0286. The third-order valence-electron chi connectivity index (χ3n) is 5.34. The summed E-state index contributed by atoms with van der Waals surface area (Å²) in [6, 6.07) is 8.41. The van der Waals surface area contributed by atoms with Gasteiger partial charge in [0.05, 0.1) is 12.7 Å². The molecule has 1 unspecified atom stereocenters. The van der Waals surface area contributed by atoms with Gasteiger partial charge in [0, 0.05) is 39.3 Å². The second kappa shape index (κ2) is 9.46. The Balaban J connectivity index is 1.43. The van der Waals surface area contributed by atoms with Crippen LogP contribution in [-0.4, -0.2) is 72.4 Å². The van der Waals surface area contributed by atoms with Crippen molar-refractivity contribution in [1.29, 1.82) is 0 Å². The van der Waals surface area contributed by atoms with Gasteiger partial charge in [0.25, 0.3) is 5.91 Å². The van der Waals surface area contributed by atoms with Crippen molar-refractivity contribution in [3.05, 3.63) is 35.4 Å². The fourth-order valence-corrected chi connectivity index (χ4v) is 3.55. The molecule has 0 bridgehead atoms. The monoisotopic (exact) mass is 361 g/mol. The van der Waals surface area contributed by atoms with Crippen LogP contribution in [0.15, 0.2) is 24.3 Å². The Hall–Kier alpha value is -1.47. The van der Waals surface area contributed by atoms with Crippen molar-refractivity contribution in [2.75, 3.05) is 39.3 Å². The van der Waals surface area contributed by atoms with Gasteiger partial charge in [-0.2, -0.15) is 0 Å². The Kier molecular flexibility index (Phi) is 7.02. The van der Waals surface area contributed by atoms with Crippen LogP contribution in [0.3, 0.4) is 0 Å². The second-order valence-electron chi connectivity index (χ2n) is 7.29. The van der Waals surface area contributed by atoms with Crippen molar-refractivity contribution in [3.8, 4) is 0 Å². The number of carbonyl (C=O) groups excluding carboxylic acids is 1. The summed E-state index contributed by atoms with van der Waals surface area (Å²) in [5, 5.41) is 12.6. The molecule has 6 heteroatoms. The summed E-state index contributed by atoms with van der Waals surface area (Å²) in [6.45, 7) is 8.60. The van der Waals surface area contributed by atoms with Crippen molar-refractivity contribution in [2.45, 2.75) is 45.1 Å². The summed E-state index contributed by atoms with van der Waals surface area (Å²) in [5.41, 5.74) is 2.37. The first-order chi connectivity index (χ1) is 12.6. The van der Waals surface area contributed by atoms with E-state index < -0.39 is 0 Å². The highest BCUT2D eigenvalue weighted by atomic mass is 16.5. The topological polar surface area (TPSA) is 65.0 Å². The fraction of sp³-hybridized carbons (Fsp3) is 0.650. The Morgan fingerprint density at radius 2 is 1.85 bits per heavy atom. The Bertz CT molecular complexity index is 570. The highest BCUT2D eigenvalue weighted by Crippen LogP contribution is 2.14. The van der Waals surface area contributed by atoms with Gasteiger partial charge < -0.3 is 15.2 Å². The lowest BCUT2D eigenvalue weighted by atomic mass is 10.1. The van der Waals surface area contributed by atoms with Gasteiger partial charge in [-0.1, -0.05) is 31.2 Å². The Morgan fingerprint density at radius 1 is 1.15 bits per heavy atom. The van der Waals surface area contributed by atoms with Crippen LogP contribution in [0.5, 0.6) is 0 Å². The summed E-state index contributed by atoms with van der Waals surface area (Å²) in [4.78, 5) is 16.9. The Labute approximate surface area is 156 Å². The zero-order chi connectivity index (χ0) is 18.4. The molecule has 1 atom stereocenters. The first kappa shape index (κ1) is 19.3. The van der Waals surface area contributed by atoms with Crippen molar-refractivity contribution in [2.24, 2.45) is 0 Å². The molecule has 1 amide bonds. The van der Waals surface area contributed by atoms with E-state index in [0.717, 1.165) is 51.1 Å². The molecule has 3 rings (SSSR count). The van der Waals surface area contributed by atoms with E-state index in [-0.39, 0.29) is 18.1 Å². The molecule has 6 nitrogen and oxygen atoms in total. The van der Waals surface area contributed by atoms with E-state index in [4.69, 9.17) is 4.74 Å². The molecule has 1 aromatic rings. The molecule has 26 heavy (non-hydrogen) atoms. The number of likely N-dealkylation sites (tertiary alicyclic amines) is 1. The summed E-state index contributed by atoms with van der Waals surface area (Å²) < 4.78 is 5.59. The number of aliphatic hydroxyl groups excluding tert-OH is 1. The van der Waals surface area contributed by atoms with Crippen LogP contribution >= 0.6 is 0 Å². The summed E-state index contributed by atoms with van der Waals surface area (Å²) in [7, 11) is 0. The van der Waals surface area contributed by atoms with Gasteiger partial charge in [0.1, 0.15) is 6.10 Å². The first-order valence-corrected chi connectivity index (χ1v) is 9.74. The lowest BCUT2D eigenvalue weighted by Gasteiger charge is -2.31. The van der Waals surface area contributed by atoms with Crippen LogP contribution in [0, 0.1) is 0 Å². The summed E-state index contributed by atoms with van der Waals surface area (Å²) in [6.07, 6.45) is 1.23. The molecule has 0 saturated carbocycles. The zero-order valence-corrected chi connectivity index (χ0v) is 15.7. The molecule has 0 aliphatic carbocycles. The van der Waals surface area contributed by atoms with Gasteiger partial charge >= 0.3 is 0 Å². The number of nitrogens with one attached hydrogen (secondary N) is 1. The number of aliphatic hydroxyl groups is 1. The maximum absolute atomic E-state index is 12.3. The molecule has 0 radical (unpaired) electrons. The number of morpholine rings is 1. The lowest BCUT2D eigenvalue weighted by molar-refractivity contribution is -0.138. The molecular weight excluding hydrogens is 330 g/mol. The van der Waals surface area contributed by atoms with E-state index in [1.54, 1.807) is 0 Å². The number of nitrogens with zero attached hydrogens (tertiary/aromatic N) is 2. The van der Waals surface area contributed by atoms with Gasteiger partial charge in [-0.05, 0) is 30.5 Å². The number of amides is 1. The SMILES string of the molecule is CCN1CCOC(C(=O)NCc2ccc(CN3CCC(O)CC3)cc2)C1. The molecule has 2 aliphatic rings. The van der Waals surface area contributed by atoms with Gasteiger partial charge in [0.15, 0.2) is 0 Å². The number of hydrogen-bond acceptors (Lipinski definition) is 5. The third kappa shape index (κ3) is 5.51. The number of ether oxygens (including phenoxy) is 1. The highest BCUT2D eigenvalue weighted by molar-refractivity contribution is 5.81. The predicted octanol–water partition coefficient (Wildman–Crippen LogP) is 0.980. The van der Waals surface area contributed by atoms with Crippen LogP contribution < -0.4 is 5.32 Å². The van der Waals surface area contributed by atoms with E-state index in [1.807, 2.05) is 0 Å². The molecule has 2 saturated heterocycles. The normalized spacial score (nSPS) is 23.1. The number of likely N-dealkylation sites (N-methyl/N-ethyl adjacent to an activating group) is 1. The zero-order valence-electron chi connectivity index (χ0n) is 15.7. The van der Waals surface area contributed by atoms with Gasteiger partial charge in [0.2, 0.25) is 0 Å². The quantitative estimate of drug-likeness (QED) is 0.791. The fourth-order valence-electron chi connectivity index (χ4n) is 3.55. The smallest absolute Gasteiger partial charge is 0.250 e. The molecule has 2 fully saturated rings. The standard InChI is InChI=1S/C20H31N3O3/c1-2-22-11-12-26-19(15-22)20(25)21-13-16-3-5-17(6-4-16)14-23-9-7-18(24)8-10-23/h3-6,18-19,24H,2,7-15H2,1H3,(H,21,25). The molecule has 0 spiro atoms. The van der Waals surface area contributed by atoms with Crippen molar-refractivity contribution in [1.82, 2.24) is 15.1 Å². The van der Waals surface area contributed by atoms with E-state index in [2.05, 4.69) is 46.3 Å². The highest BCUT2D eigenvalue weighted by Gasteiger charge is 2.25. The molecular formula is C20H31N3O3. The number of rotatable bonds is 6. The predicted molar refractivity (Wildman–Crippen MR) is 101 cm³/mol. The van der Waals surface area contributed by atoms with Crippen molar-refractivity contribution < 1.29 is 14.6 Å². The molecule has 2 aliphatic heterocycles. The number of benzene rings is 1. The van der Waals surface area contributed by atoms with Crippen molar-refractivity contribution >= 4 is 5.91 Å². The number of hydrogen-bond donors (Lipinski definition) is 2. The van der Waals surface area contributed by atoms with E-state index >= 15 is 0 Å². The van der Waals surface area contributed by atoms with E-state index in [9.17, 15) is 9.90 Å². The van der Waals surface area contributed by atoms with Crippen LogP contribution in [0.1, 0.15) is 30.9 Å². The minimum atomic E-state index is -0.363. The molecule has 1 aromatic carbocycles. The van der Waals surface area contributed by atoms with Crippen LogP contribution in [0.4, 0.5) is 0 Å². The van der Waals surface area contributed by atoms with Crippen molar-refractivity contribution in [3.63, 3.8) is 0 Å². The Morgan fingerprint density at radius 3 is 2.54 bits per heavy atom. The minimum absolute atomic E-state index is 0.0286. The maximum Gasteiger partial charge on any atom is 0.250 e. The van der Waals surface area contributed by atoms with Crippen LogP contribution in [0.2, 0.25) is 0 Å². The maximum atomic E-state index is 12.3. The van der Waals surface area contributed by atoms with E-state index in [1.165, 1.54) is 5.56 Å². The number of carbonyl (C=O) groups is 1. The number of piperidine rings is 1. The van der Waals surface area contributed by atoms with E-state index in [0.29, 0.717) is 19.7 Å². The van der Waals surface area contributed by atoms with Gasteiger partial charge in [-0.25, -0.2) is 0 Å². The molecule has 2 heterocycles. The average Bonchev–Trinajstić information content (AvgIpc) is 2.69. The van der Waals surface area contributed by atoms with Gasteiger partial charge in [-0.15, -0.1) is 0 Å². The molecule has 2 N–H and O–H groups in total. The molecule has 0 aromatic heterocycles. The first-order valence-electron chi connectivity index (χ1n) is 9.74. The lowest BCUT2D eigenvalue weighted by Crippen LogP contribution is -2.49.